The maximum atomic E-state index is 12.4. The standard InChI is InChI=1S/C20H25N3O3/c1-14(24)22-17-10-8-15(9-11-17)20(25)21-13-19(23(2)3)16-6-5-7-18(12-16)26-4/h5-12,19H,13H2,1-4H3,(H,21,25)(H,22,24). The Morgan fingerprint density at radius 3 is 2.38 bits per heavy atom. The zero-order valence-electron chi connectivity index (χ0n) is 15.6. The van der Waals surface area contributed by atoms with Crippen LogP contribution < -0.4 is 15.4 Å². The molecule has 0 heterocycles. The Bertz CT molecular complexity index is 757. The first kappa shape index (κ1) is 19.5. The van der Waals surface area contributed by atoms with E-state index in [-0.39, 0.29) is 17.9 Å². The van der Waals surface area contributed by atoms with Crippen molar-refractivity contribution in [1.29, 1.82) is 0 Å². The van der Waals surface area contributed by atoms with Crippen LogP contribution in [0.15, 0.2) is 48.5 Å². The van der Waals surface area contributed by atoms with Crippen molar-refractivity contribution in [2.75, 3.05) is 33.1 Å². The minimum Gasteiger partial charge on any atom is -0.497 e. The fraction of sp³-hybridized carbons (Fsp3) is 0.300. The van der Waals surface area contributed by atoms with Crippen LogP contribution in [0.2, 0.25) is 0 Å². The molecule has 0 radical (unpaired) electrons. The van der Waals surface area contributed by atoms with Crippen LogP contribution in [0.25, 0.3) is 0 Å². The van der Waals surface area contributed by atoms with Gasteiger partial charge >= 0.3 is 0 Å². The van der Waals surface area contributed by atoms with E-state index in [1.165, 1.54) is 6.92 Å². The smallest absolute Gasteiger partial charge is 0.251 e. The summed E-state index contributed by atoms with van der Waals surface area (Å²) < 4.78 is 5.28. The van der Waals surface area contributed by atoms with Gasteiger partial charge in [-0.15, -0.1) is 0 Å². The summed E-state index contributed by atoms with van der Waals surface area (Å²) in [6.07, 6.45) is 0. The van der Waals surface area contributed by atoms with Gasteiger partial charge in [-0.3, -0.25) is 9.59 Å². The minimum absolute atomic E-state index is 0.0210. The maximum absolute atomic E-state index is 12.4. The van der Waals surface area contributed by atoms with Gasteiger partial charge in [0.25, 0.3) is 5.91 Å². The summed E-state index contributed by atoms with van der Waals surface area (Å²) in [7, 11) is 5.58. The molecule has 0 bridgehead atoms. The van der Waals surface area contributed by atoms with Crippen LogP contribution in [0, 0.1) is 0 Å². The zero-order valence-corrected chi connectivity index (χ0v) is 15.6. The van der Waals surface area contributed by atoms with Gasteiger partial charge in [0.1, 0.15) is 5.75 Å². The van der Waals surface area contributed by atoms with Crippen molar-refractivity contribution in [2.24, 2.45) is 0 Å². The maximum Gasteiger partial charge on any atom is 0.251 e. The summed E-state index contributed by atoms with van der Waals surface area (Å²) in [5, 5.41) is 5.65. The molecule has 138 valence electrons. The third kappa shape index (κ3) is 5.32. The molecule has 1 unspecified atom stereocenters. The van der Waals surface area contributed by atoms with Crippen molar-refractivity contribution >= 4 is 17.5 Å². The fourth-order valence-electron chi connectivity index (χ4n) is 2.65. The normalized spacial score (nSPS) is 11.7. The van der Waals surface area contributed by atoms with Gasteiger partial charge in [0.2, 0.25) is 5.91 Å². The number of anilines is 1. The molecule has 0 aliphatic rings. The second-order valence-electron chi connectivity index (χ2n) is 6.22. The van der Waals surface area contributed by atoms with Crippen LogP contribution in [-0.2, 0) is 4.79 Å². The van der Waals surface area contributed by atoms with Gasteiger partial charge in [0.15, 0.2) is 0 Å². The number of carbonyl (C=O) groups excluding carboxylic acids is 2. The second-order valence-corrected chi connectivity index (χ2v) is 6.22. The SMILES string of the molecule is COc1cccc(C(CNC(=O)c2ccc(NC(C)=O)cc2)N(C)C)c1. The summed E-state index contributed by atoms with van der Waals surface area (Å²) >= 11 is 0. The first-order chi connectivity index (χ1) is 12.4. The highest BCUT2D eigenvalue weighted by molar-refractivity contribution is 5.95. The molecule has 26 heavy (non-hydrogen) atoms. The van der Waals surface area contributed by atoms with Gasteiger partial charge < -0.3 is 20.3 Å². The van der Waals surface area contributed by atoms with E-state index in [2.05, 4.69) is 15.5 Å². The molecule has 0 saturated heterocycles. The lowest BCUT2D eigenvalue weighted by Gasteiger charge is -2.25. The summed E-state index contributed by atoms with van der Waals surface area (Å²) in [4.78, 5) is 25.5. The van der Waals surface area contributed by atoms with Crippen molar-refractivity contribution < 1.29 is 14.3 Å². The number of nitrogens with one attached hydrogen (secondary N) is 2. The molecule has 2 aromatic rings. The monoisotopic (exact) mass is 355 g/mol. The van der Waals surface area contributed by atoms with Gasteiger partial charge in [0.05, 0.1) is 13.2 Å². The predicted octanol–water partition coefficient (Wildman–Crippen LogP) is 2.69. The number of carbonyl (C=O) groups is 2. The summed E-state index contributed by atoms with van der Waals surface area (Å²) in [5.74, 6) is 0.484. The predicted molar refractivity (Wildman–Crippen MR) is 103 cm³/mol. The lowest BCUT2D eigenvalue weighted by atomic mass is 10.1. The molecule has 2 rings (SSSR count). The number of nitrogens with zero attached hydrogens (tertiary/aromatic N) is 1. The molecule has 0 aliphatic heterocycles. The Kier molecular flexibility index (Phi) is 6.74. The summed E-state index contributed by atoms with van der Waals surface area (Å²) in [6.45, 7) is 1.91. The van der Waals surface area contributed by atoms with E-state index in [1.54, 1.807) is 31.4 Å². The fourth-order valence-corrected chi connectivity index (χ4v) is 2.65. The molecule has 0 fully saturated rings. The average molecular weight is 355 g/mol. The van der Waals surface area contributed by atoms with Crippen LogP contribution in [0.5, 0.6) is 5.75 Å². The number of likely N-dealkylation sites (N-methyl/N-ethyl adjacent to an activating group) is 1. The van der Waals surface area contributed by atoms with Crippen molar-refractivity contribution in [3.8, 4) is 5.75 Å². The Hall–Kier alpha value is -2.86. The highest BCUT2D eigenvalue weighted by Gasteiger charge is 2.16. The first-order valence-corrected chi connectivity index (χ1v) is 8.37. The third-order valence-corrected chi connectivity index (χ3v) is 4.03. The molecule has 0 saturated carbocycles. The minimum atomic E-state index is -0.158. The van der Waals surface area contributed by atoms with Gasteiger partial charge in [-0.05, 0) is 56.1 Å². The van der Waals surface area contributed by atoms with E-state index >= 15 is 0 Å². The lowest BCUT2D eigenvalue weighted by Crippen LogP contribution is -2.34. The topological polar surface area (TPSA) is 70.7 Å². The molecule has 2 amide bonds. The van der Waals surface area contributed by atoms with E-state index in [1.807, 2.05) is 38.4 Å². The molecule has 6 nitrogen and oxygen atoms in total. The van der Waals surface area contributed by atoms with Crippen LogP contribution in [-0.4, -0.2) is 44.5 Å². The number of methoxy groups -OCH3 is 1. The Morgan fingerprint density at radius 1 is 1.12 bits per heavy atom. The van der Waals surface area contributed by atoms with Crippen LogP contribution in [0.3, 0.4) is 0 Å². The van der Waals surface area contributed by atoms with Crippen molar-refractivity contribution in [3.63, 3.8) is 0 Å². The number of hydrogen-bond acceptors (Lipinski definition) is 4. The number of benzene rings is 2. The molecule has 0 spiro atoms. The van der Waals surface area contributed by atoms with E-state index < -0.39 is 0 Å². The summed E-state index contributed by atoms with van der Waals surface area (Å²) in [5.41, 5.74) is 2.27. The van der Waals surface area contributed by atoms with Crippen molar-refractivity contribution in [3.05, 3.63) is 59.7 Å². The Labute approximate surface area is 154 Å². The van der Waals surface area contributed by atoms with Crippen LogP contribution >= 0.6 is 0 Å². The quantitative estimate of drug-likeness (QED) is 0.801. The average Bonchev–Trinajstić information content (AvgIpc) is 2.61. The third-order valence-electron chi connectivity index (χ3n) is 4.03. The van der Waals surface area contributed by atoms with Gasteiger partial charge in [-0.2, -0.15) is 0 Å². The zero-order chi connectivity index (χ0) is 19.1. The molecule has 2 N–H and O–H groups in total. The van der Waals surface area contributed by atoms with Crippen molar-refractivity contribution in [2.45, 2.75) is 13.0 Å². The van der Waals surface area contributed by atoms with E-state index in [4.69, 9.17) is 4.74 Å². The number of rotatable bonds is 7. The van der Waals surface area contributed by atoms with Gasteiger partial charge in [0, 0.05) is 24.7 Å². The highest BCUT2D eigenvalue weighted by atomic mass is 16.5. The van der Waals surface area contributed by atoms with Gasteiger partial charge in [-0.25, -0.2) is 0 Å². The number of ether oxygens (including phenoxy) is 1. The molecule has 6 heteroatoms. The molecular formula is C20H25N3O3. The summed E-state index contributed by atoms with van der Waals surface area (Å²) in [6, 6.07) is 14.6. The van der Waals surface area contributed by atoms with Crippen molar-refractivity contribution in [1.82, 2.24) is 10.2 Å². The Balaban J connectivity index is 2.04. The first-order valence-electron chi connectivity index (χ1n) is 8.37. The number of amides is 2. The largest absolute Gasteiger partial charge is 0.497 e. The molecular weight excluding hydrogens is 330 g/mol. The molecule has 0 aromatic heterocycles. The highest BCUT2D eigenvalue weighted by Crippen LogP contribution is 2.22. The van der Waals surface area contributed by atoms with Crippen LogP contribution in [0.4, 0.5) is 5.69 Å². The Morgan fingerprint density at radius 2 is 1.81 bits per heavy atom. The van der Waals surface area contributed by atoms with E-state index in [0.29, 0.717) is 17.8 Å². The lowest BCUT2D eigenvalue weighted by molar-refractivity contribution is -0.114. The molecule has 2 aromatic carbocycles. The van der Waals surface area contributed by atoms with Gasteiger partial charge in [-0.1, -0.05) is 12.1 Å². The molecule has 0 aliphatic carbocycles. The molecule has 1 atom stereocenters. The second kappa shape index (κ2) is 9.01. The van der Waals surface area contributed by atoms with E-state index in [0.717, 1.165) is 11.3 Å². The van der Waals surface area contributed by atoms with Crippen LogP contribution in [0.1, 0.15) is 28.9 Å². The number of hydrogen-bond donors (Lipinski definition) is 2. The van der Waals surface area contributed by atoms with E-state index in [9.17, 15) is 9.59 Å².